The van der Waals surface area contributed by atoms with Crippen LogP contribution in [0.15, 0.2) is 0 Å². The van der Waals surface area contributed by atoms with Gasteiger partial charge in [0.15, 0.2) is 0 Å². The van der Waals surface area contributed by atoms with Gasteiger partial charge in [-0.05, 0) is 40.8 Å². The molecule has 0 aromatic carbocycles. The average Bonchev–Trinajstić information content (AvgIpc) is 2.02. The molecule has 0 aromatic rings. The van der Waals surface area contributed by atoms with Crippen molar-refractivity contribution in [1.82, 2.24) is 10.2 Å². The Kier molecular flexibility index (Phi) is 5.75. The van der Waals surface area contributed by atoms with Gasteiger partial charge in [0, 0.05) is 12.6 Å². The second kappa shape index (κ2) is 6.00. The zero-order chi connectivity index (χ0) is 11.2. The molecule has 0 rings (SSSR count). The molecule has 0 amide bonds. The first-order valence-corrected chi connectivity index (χ1v) is 5.31. The highest BCUT2D eigenvalue weighted by Crippen LogP contribution is 2.06. The van der Waals surface area contributed by atoms with E-state index >= 15 is 0 Å². The lowest BCUT2D eigenvalue weighted by molar-refractivity contribution is 0.251. The van der Waals surface area contributed by atoms with Crippen molar-refractivity contribution in [3.63, 3.8) is 0 Å². The van der Waals surface area contributed by atoms with Gasteiger partial charge in [-0.15, -0.1) is 0 Å². The maximum Gasteiger partial charge on any atom is 0.116 e. The summed E-state index contributed by atoms with van der Waals surface area (Å²) in [6.07, 6.45) is 1.12. The Morgan fingerprint density at radius 2 is 2.07 bits per heavy atom. The summed E-state index contributed by atoms with van der Waals surface area (Å²) in [5, 5.41) is 12.4. The Bertz CT molecular complexity index is 195. The third-order valence-electron chi connectivity index (χ3n) is 2.05. The zero-order valence-corrected chi connectivity index (χ0v) is 10.1. The van der Waals surface area contributed by atoms with E-state index in [1.54, 1.807) is 0 Å². The molecule has 14 heavy (non-hydrogen) atoms. The number of nitrogens with zero attached hydrogens (tertiary/aromatic N) is 2. The highest BCUT2D eigenvalue weighted by Gasteiger charge is 2.25. The molecule has 0 aliphatic rings. The lowest BCUT2D eigenvalue weighted by atomic mass is 10.0. The second-order valence-corrected chi connectivity index (χ2v) is 4.48. The lowest BCUT2D eigenvalue weighted by Crippen LogP contribution is -2.52. The first-order valence-electron chi connectivity index (χ1n) is 5.31. The number of nitrogens with one attached hydrogen (secondary N) is 1. The smallest absolute Gasteiger partial charge is 0.116 e. The molecule has 1 N–H and O–H groups in total. The maximum absolute atomic E-state index is 9.11. The van der Waals surface area contributed by atoms with Gasteiger partial charge >= 0.3 is 0 Å². The van der Waals surface area contributed by atoms with Gasteiger partial charge < -0.3 is 4.90 Å². The number of nitriles is 1. The molecule has 1 atom stereocenters. The zero-order valence-electron chi connectivity index (χ0n) is 10.1. The number of hydrogen-bond donors (Lipinski definition) is 1. The second-order valence-electron chi connectivity index (χ2n) is 4.48. The summed E-state index contributed by atoms with van der Waals surface area (Å²) < 4.78 is 0. The predicted octanol–water partition coefficient (Wildman–Crippen LogP) is 1.61. The van der Waals surface area contributed by atoms with Crippen LogP contribution in [0.3, 0.4) is 0 Å². The van der Waals surface area contributed by atoms with Crippen molar-refractivity contribution in [2.24, 2.45) is 0 Å². The van der Waals surface area contributed by atoms with Crippen LogP contribution in [0, 0.1) is 11.3 Å². The van der Waals surface area contributed by atoms with Gasteiger partial charge in [-0.25, -0.2) is 0 Å². The summed E-state index contributed by atoms with van der Waals surface area (Å²) in [5.74, 6) is 0. The molecule has 3 heteroatoms. The van der Waals surface area contributed by atoms with E-state index in [0.29, 0.717) is 6.04 Å². The largest absolute Gasteiger partial charge is 0.303 e. The first kappa shape index (κ1) is 13.4. The molecule has 0 spiro atoms. The highest BCUT2D eigenvalue weighted by molar-refractivity contribution is 5.06. The molecule has 0 aliphatic heterocycles. The summed E-state index contributed by atoms with van der Waals surface area (Å²) in [7, 11) is 2.06. The predicted molar refractivity (Wildman–Crippen MR) is 60.1 cm³/mol. The van der Waals surface area contributed by atoms with Crippen molar-refractivity contribution in [2.75, 3.05) is 20.1 Å². The Balaban J connectivity index is 4.19. The fourth-order valence-electron chi connectivity index (χ4n) is 1.75. The quantitative estimate of drug-likeness (QED) is 0.703. The molecule has 0 bridgehead atoms. The van der Waals surface area contributed by atoms with Crippen LogP contribution in [0.2, 0.25) is 0 Å². The van der Waals surface area contributed by atoms with Crippen LogP contribution >= 0.6 is 0 Å². The molecule has 0 radical (unpaired) electrons. The average molecular weight is 197 g/mol. The molecule has 0 aliphatic carbocycles. The third-order valence-corrected chi connectivity index (χ3v) is 2.05. The highest BCUT2D eigenvalue weighted by atomic mass is 15.1. The molecule has 82 valence electrons. The minimum absolute atomic E-state index is 0.342. The van der Waals surface area contributed by atoms with E-state index in [2.05, 4.69) is 44.1 Å². The summed E-state index contributed by atoms with van der Waals surface area (Å²) in [6.45, 7) is 10.0. The Labute approximate surface area is 88.1 Å². The van der Waals surface area contributed by atoms with E-state index in [1.807, 2.05) is 6.92 Å². The third kappa shape index (κ3) is 5.21. The molecule has 0 saturated heterocycles. The van der Waals surface area contributed by atoms with E-state index in [-0.39, 0.29) is 0 Å². The van der Waals surface area contributed by atoms with Crippen molar-refractivity contribution >= 4 is 0 Å². The number of likely N-dealkylation sites (N-methyl/N-ethyl adjacent to an activating group) is 1. The molecule has 3 nitrogen and oxygen atoms in total. The van der Waals surface area contributed by atoms with Crippen molar-refractivity contribution in [1.29, 1.82) is 5.26 Å². The van der Waals surface area contributed by atoms with E-state index in [0.717, 1.165) is 19.5 Å². The van der Waals surface area contributed by atoms with Gasteiger partial charge in [-0.1, -0.05) is 6.92 Å². The standard InChI is InChI=1S/C11H23N3/c1-6-7-14(5)9-11(4,8-12)13-10(2)3/h10,13H,6-7,9H2,1-5H3. The van der Waals surface area contributed by atoms with Crippen LogP contribution < -0.4 is 5.32 Å². The lowest BCUT2D eigenvalue weighted by Gasteiger charge is -2.30. The Morgan fingerprint density at radius 1 is 1.50 bits per heavy atom. The molecule has 0 aromatic heterocycles. The monoisotopic (exact) mass is 197 g/mol. The van der Waals surface area contributed by atoms with Crippen molar-refractivity contribution in [3.8, 4) is 6.07 Å². The Morgan fingerprint density at radius 3 is 2.43 bits per heavy atom. The van der Waals surface area contributed by atoms with Crippen LogP contribution in [0.25, 0.3) is 0 Å². The molecule has 0 fully saturated rings. The van der Waals surface area contributed by atoms with Crippen LogP contribution in [0.5, 0.6) is 0 Å². The summed E-state index contributed by atoms with van der Waals surface area (Å²) in [6, 6.07) is 2.69. The maximum atomic E-state index is 9.11. The molecular formula is C11H23N3. The Hall–Kier alpha value is -0.590. The van der Waals surface area contributed by atoms with E-state index in [4.69, 9.17) is 5.26 Å². The summed E-state index contributed by atoms with van der Waals surface area (Å²) in [5.41, 5.74) is -0.432. The summed E-state index contributed by atoms with van der Waals surface area (Å²) in [4.78, 5) is 2.19. The van der Waals surface area contributed by atoms with E-state index in [1.165, 1.54) is 0 Å². The minimum atomic E-state index is -0.432. The number of rotatable bonds is 6. The van der Waals surface area contributed by atoms with Crippen LogP contribution in [-0.4, -0.2) is 36.6 Å². The normalized spacial score (nSPS) is 15.6. The van der Waals surface area contributed by atoms with Crippen LogP contribution in [0.4, 0.5) is 0 Å². The molecular weight excluding hydrogens is 174 g/mol. The van der Waals surface area contributed by atoms with Crippen molar-refractivity contribution < 1.29 is 0 Å². The van der Waals surface area contributed by atoms with Gasteiger partial charge in [0.05, 0.1) is 6.07 Å². The molecule has 1 unspecified atom stereocenters. The van der Waals surface area contributed by atoms with Crippen LogP contribution in [-0.2, 0) is 0 Å². The fraction of sp³-hybridized carbons (Fsp3) is 0.909. The van der Waals surface area contributed by atoms with Gasteiger partial charge in [-0.2, -0.15) is 5.26 Å². The van der Waals surface area contributed by atoms with Crippen molar-refractivity contribution in [3.05, 3.63) is 0 Å². The van der Waals surface area contributed by atoms with Crippen LogP contribution in [0.1, 0.15) is 34.1 Å². The van der Waals surface area contributed by atoms with Gasteiger partial charge in [0.25, 0.3) is 0 Å². The molecule has 0 saturated carbocycles. The minimum Gasteiger partial charge on any atom is -0.303 e. The first-order chi connectivity index (χ1) is 6.43. The summed E-state index contributed by atoms with van der Waals surface area (Å²) >= 11 is 0. The van der Waals surface area contributed by atoms with Crippen molar-refractivity contribution in [2.45, 2.75) is 45.7 Å². The van der Waals surface area contributed by atoms with Gasteiger partial charge in [-0.3, -0.25) is 5.32 Å². The van der Waals surface area contributed by atoms with E-state index < -0.39 is 5.54 Å². The number of hydrogen-bond acceptors (Lipinski definition) is 3. The topological polar surface area (TPSA) is 39.1 Å². The molecule has 0 heterocycles. The van der Waals surface area contributed by atoms with E-state index in [9.17, 15) is 0 Å². The SMILES string of the molecule is CCCN(C)CC(C)(C#N)NC(C)C. The van der Waals surface area contributed by atoms with Gasteiger partial charge in [0.2, 0.25) is 0 Å². The van der Waals surface area contributed by atoms with Gasteiger partial charge in [0.1, 0.15) is 5.54 Å². The fourth-order valence-corrected chi connectivity index (χ4v) is 1.75.